The number of nitrogens with one attached hydrogen (secondary N) is 1. The van der Waals surface area contributed by atoms with Crippen LogP contribution in [0.25, 0.3) is 0 Å². The van der Waals surface area contributed by atoms with Gasteiger partial charge in [-0.25, -0.2) is 4.39 Å². The van der Waals surface area contributed by atoms with Crippen LogP contribution in [0.15, 0.2) is 48.5 Å². The predicted octanol–water partition coefficient (Wildman–Crippen LogP) is 2.64. The first kappa shape index (κ1) is 16.0. The molecule has 0 aliphatic carbocycles. The first-order valence-electron chi connectivity index (χ1n) is 8.39. The molecule has 128 valence electrons. The smallest absolute Gasteiger partial charge is 0.252 e. The molecule has 1 N–H and O–H groups in total. The van der Waals surface area contributed by atoms with Crippen LogP contribution in [-0.4, -0.2) is 35.7 Å². The van der Waals surface area contributed by atoms with Gasteiger partial charge in [0.05, 0.1) is 17.0 Å². The highest BCUT2D eigenvalue weighted by Crippen LogP contribution is 2.37. The molecule has 0 spiro atoms. The number of carbonyl (C=O) groups is 2. The van der Waals surface area contributed by atoms with Crippen molar-refractivity contribution in [3.8, 4) is 0 Å². The molecule has 4 nitrogen and oxygen atoms in total. The molecule has 0 bridgehead atoms. The zero-order chi connectivity index (χ0) is 17.6. The van der Waals surface area contributed by atoms with Crippen LogP contribution in [0.5, 0.6) is 0 Å². The van der Waals surface area contributed by atoms with E-state index < -0.39 is 5.41 Å². The summed E-state index contributed by atoms with van der Waals surface area (Å²) in [7, 11) is 0. The summed E-state index contributed by atoms with van der Waals surface area (Å²) in [5.41, 5.74) is 1.27. The van der Waals surface area contributed by atoms with Crippen LogP contribution in [0.4, 0.5) is 4.39 Å². The fraction of sp³-hybridized carbons (Fsp3) is 0.300. The number of nitrogens with zero attached hydrogens (tertiary/aromatic N) is 1. The van der Waals surface area contributed by atoms with Crippen LogP contribution in [0.1, 0.15) is 33.2 Å². The van der Waals surface area contributed by atoms with E-state index in [1.807, 2.05) is 6.92 Å². The molecular weight excluding hydrogens is 319 g/mol. The second kappa shape index (κ2) is 5.77. The molecule has 0 aromatic heterocycles. The van der Waals surface area contributed by atoms with Gasteiger partial charge in [0.2, 0.25) is 0 Å². The molecule has 2 aromatic carbocycles. The maximum atomic E-state index is 13.2. The summed E-state index contributed by atoms with van der Waals surface area (Å²) in [6.07, 6.45) is 0. The quantitative estimate of drug-likeness (QED) is 0.916. The Morgan fingerprint density at radius 2 is 1.80 bits per heavy atom. The SMILES string of the molecule is C[C@]12CN(Cc3ccc(F)cc3)C[C@H]1NC(=O)c1ccccc1C2=O. The molecule has 1 fully saturated rings. The van der Waals surface area contributed by atoms with E-state index in [-0.39, 0.29) is 23.5 Å². The number of fused-ring (bicyclic) bond motifs is 2. The first-order valence-corrected chi connectivity index (χ1v) is 8.39. The van der Waals surface area contributed by atoms with E-state index in [2.05, 4.69) is 10.2 Å². The molecule has 25 heavy (non-hydrogen) atoms. The third-order valence-electron chi connectivity index (χ3n) is 5.32. The van der Waals surface area contributed by atoms with Crippen LogP contribution in [0, 0.1) is 11.2 Å². The van der Waals surface area contributed by atoms with Crippen LogP contribution in [0.2, 0.25) is 0 Å². The van der Waals surface area contributed by atoms with E-state index in [0.717, 1.165) is 5.56 Å². The minimum Gasteiger partial charge on any atom is -0.347 e. The third kappa shape index (κ3) is 2.65. The van der Waals surface area contributed by atoms with Crippen molar-refractivity contribution in [1.29, 1.82) is 0 Å². The van der Waals surface area contributed by atoms with Gasteiger partial charge < -0.3 is 5.32 Å². The van der Waals surface area contributed by atoms with Gasteiger partial charge in [0, 0.05) is 25.2 Å². The van der Waals surface area contributed by atoms with Crippen molar-refractivity contribution < 1.29 is 14.0 Å². The van der Waals surface area contributed by atoms with E-state index in [0.29, 0.717) is 30.8 Å². The van der Waals surface area contributed by atoms with Crippen molar-refractivity contribution in [2.75, 3.05) is 13.1 Å². The van der Waals surface area contributed by atoms with Crippen molar-refractivity contribution in [2.45, 2.75) is 19.5 Å². The monoisotopic (exact) mass is 338 g/mol. The molecule has 0 radical (unpaired) electrons. The zero-order valence-electron chi connectivity index (χ0n) is 14.0. The average molecular weight is 338 g/mol. The number of benzene rings is 2. The number of halogens is 1. The highest BCUT2D eigenvalue weighted by Gasteiger charge is 2.51. The van der Waals surface area contributed by atoms with Gasteiger partial charge in [-0.2, -0.15) is 0 Å². The summed E-state index contributed by atoms with van der Waals surface area (Å²) in [4.78, 5) is 27.8. The molecule has 1 amide bonds. The van der Waals surface area contributed by atoms with Crippen LogP contribution in [-0.2, 0) is 6.54 Å². The number of hydrogen-bond donors (Lipinski definition) is 1. The van der Waals surface area contributed by atoms with Crippen molar-refractivity contribution in [3.63, 3.8) is 0 Å². The van der Waals surface area contributed by atoms with Crippen LogP contribution in [0.3, 0.4) is 0 Å². The Morgan fingerprint density at radius 3 is 2.52 bits per heavy atom. The van der Waals surface area contributed by atoms with Gasteiger partial charge in [0.1, 0.15) is 5.82 Å². The lowest BCUT2D eigenvalue weighted by Gasteiger charge is -2.27. The lowest BCUT2D eigenvalue weighted by atomic mass is 9.78. The number of ketones is 1. The Labute approximate surface area is 145 Å². The number of hydrogen-bond acceptors (Lipinski definition) is 3. The summed E-state index contributed by atoms with van der Waals surface area (Å²) < 4.78 is 13.1. The minimum atomic E-state index is -0.664. The van der Waals surface area contributed by atoms with Crippen molar-refractivity contribution in [2.24, 2.45) is 5.41 Å². The lowest BCUT2D eigenvalue weighted by Crippen LogP contribution is -2.47. The Bertz CT molecular complexity index is 849. The Balaban J connectivity index is 1.62. The minimum absolute atomic E-state index is 0.00746. The van der Waals surface area contributed by atoms with Crippen molar-refractivity contribution in [3.05, 3.63) is 71.0 Å². The summed E-state index contributed by atoms with van der Waals surface area (Å²) in [6, 6.07) is 13.1. The molecule has 2 heterocycles. The summed E-state index contributed by atoms with van der Waals surface area (Å²) >= 11 is 0. The molecule has 0 saturated carbocycles. The third-order valence-corrected chi connectivity index (χ3v) is 5.32. The number of likely N-dealkylation sites (tertiary alicyclic amines) is 1. The number of rotatable bonds is 2. The van der Waals surface area contributed by atoms with E-state index >= 15 is 0 Å². The Kier molecular flexibility index (Phi) is 3.69. The normalized spacial score (nSPS) is 25.9. The number of amides is 1. The zero-order valence-corrected chi connectivity index (χ0v) is 14.0. The molecular formula is C20H19FN2O2. The van der Waals surface area contributed by atoms with Gasteiger partial charge in [0.25, 0.3) is 5.91 Å². The number of carbonyl (C=O) groups excluding carboxylic acids is 2. The molecule has 0 unspecified atom stereocenters. The highest BCUT2D eigenvalue weighted by atomic mass is 19.1. The lowest BCUT2D eigenvalue weighted by molar-refractivity contribution is 0.0789. The van der Waals surface area contributed by atoms with Gasteiger partial charge in [0.15, 0.2) is 5.78 Å². The maximum absolute atomic E-state index is 13.2. The average Bonchev–Trinajstić information content (AvgIpc) is 2.89. The molecule has 2 aliphatic heterocycles. The Morgan fingerprint density at radius 1 is 1.12 bits per heavy atom. The molecule has 2 aromatic rings. The van der Waals surface area contributed by atoms with Gasteiger partial charge in [-0.3, -0.25) is 14.5 Å². The second-order valence-corrected chi connectivity index (χ2v) is 7.11. The molecule has 2 atom stereocenters. The molecule has 2 aliphatic rings. The molecule has 1 saturated heterocycles. The summed E-state index contributed by atoms with van der Waals surface area (Å²) in [5, 5.41) is 3.03. The van der Waals surface area contributed by atoms with E-state index in [1.54, 1.807) is 36.4 Å². The standard InChI is InChI=1S/C20H19FN2O2/c1-20-12-23(10-13-6-8-14(21)9-7-13)11-17(20)22-19(25)16-5-3-2-4-15(16)18(20)24/h2-9,17H,10-12H2,1H3,(H,22,25)/t17-,20+/m1/s1. The predicted molar refractivity (Wildman–Crippen MR) is 91.8 cm³/mol. The maximum Gasteiger partial charge on any atom is 0.252 e. The summed E-state index contributed by atoms with van der Waals surface area (Å²) in [5.74, 6) is -0.448. The van der Waals surface area contributed by atoms with Gasteiger partial charge in [-0.15, -0.1) is 0 Å². The molecule has 4 rings (SSSR count). The van der Waals surface area contributed by atoms with E-state index in [9.17, 15) is 14.0 Å². The second-order valence-electron chi connectivity index (χ2n) is 7.11. The number of Topliss-reactive ketones (excluding diaryl/α,β-unsaturated/α-hetero) is 1. The van der Waals surface area contributed by atoms with E-state index in [4.69, 9.17) is 0 Å². The van der Waals surface area contributed by atoms with Gasteiger partial charge in [-0.05, 0) is 30.7 Å². The van der Waals surface area contributed by atoms with Crippen molar-refractivity contribution in [1.82, 2.24) is 10.2 Å². The van der Waals surface area contributed by atoms with Crippen molar-refractivity contribution >= 4 is 11.7 Å². The Hall–Kier alpha value is -2.53. The fourth-order valence-corrected chi connectivity index (χ4v) is 3.93. The van der Waals surface area contributed by atoms with Crippen LogP contribution < -0.4 is 5.32 Å². The largest absolute Gasteiger partial charge is 0.347 e. The van der Waals surface area contributed by atoms with Gasteiger partial charge >= 0.3 is 0 Å². The highest BCUT2D eigenvalue weighted by molar-refractivity contribution is 6.12. The fourth-order valence-electron chi connectivity index (χ4n) is 3.93. The first-order chi connectivity index (χ1) is 12.0. The van der Waals surface area contributed by atoms with Gasteiger partial charge in [-0.1, -0.05) is 30.3 Å². The summed E-state index contributed by atoms with van der Waals surface area (Å²) in [6.45, 7) is 3.70. The molecule has 5 heteroatoms. The van der Waals surface area contributed by atoms with Crippen LogP contribution >= 0.6 is 0 Å². The topological polar surface area (TPSA) is 49.4 Å². The van der Waals surface area contributed by atoms with E-state index in [1.165, 1.54) is 12.1 Å².